The third-order valence-corrected chi connectivity index (χ3v) is 8.28. The number of carbonyl (C=O) groups is 1. The highest BCUT2D eigenvalue weighted by atomic mass is 16.2. The van der Waals surface area contributed by atoms with Crippen LogP contribution >= 0.6 is 0 Å². The summed E-state index contributed by atoms with van der Waals surface area (Å²) in [7, 11) is 0. The van der Waals surface area contributed by atoms with Gasteiger partial charge in [-0.15, -0.1) is 0 Å². The number of nitrogens with zero attached hydrogens (tertiary/aromatic N) is 1. The van der Waals surface area contributed by atoms with Crippen molar-refractivity contribution < 1.29 is 4.79 Å². The first kappa shape index (κ1) is 14.1. The molecule has 4 aliphatic rings. The molecule has 4 bridgehead atoms. The Morgan fingerprint density at radius 1 is 1.14 bits per heavy atom. The summed E-state index contributed by atoms with van der Waals surface area (Å²) in [6.07, 6.45) is 9.08. The van der Waals surface area contributed by atoms with Gasteiger partial charge < -0.3 is 4.90 Å². The largest absolute Gasteiger partial charge is 0.342 e. The van der Waals surface area contributed by atoms with Gasteiger partial charge in [0.05, 0.1) is 0 Å². The maximum absolute atomic E-state index is 12.8. The van der Waals surface area contributed by atoms with E-state index in [0.717, 1.165) is 43.2 Å². The van der Waals surface area contributed by atoms with Crippen molar-refractivity contribution in [3.8, 4) is 0 Å². The van der Waals surface area contributed by atoms with Gasteiger partial charge in [-0.05, 0) is 66.6 Å². The van der Waals surface area contributed by atoms with E-state index in [9.17, 15) is 4.79 Å². The second-order valence-corrected chi connectivity index (χ2v) is 9.43. The molecule has 1 amide bonds. The Morgan fingerprint density at radius 3 is 2.57 bits per heavy atom. The first-order chi connectivity index (χ1) is 9.89. The highest BCUT2D eigenvalue weighted by Gasteiger charge is 2.56. The molecule has 2 heteroatoms. The quantitative estimate of drug-likeness (QED) is 0.749. The third kappa shape index (κ3) is 2.00. The van der Waals surface area contributed by atoms with E-state index < -0.39 is 0 Å². The van der Waals surface area contributed by atoms with Gasteiger partial charge in [0, 0.05) is 19.5 Å². The normalized spacial score (nSPS) is 47.1. The van der Waals surface area contributed by atoms with Crippen molar-refractivity contribution in [2.24, 2.45) is 34.5 Å². The summed E-state index contributed by atoms with van der Waals surface area (Å²) >= 11 is 0. The van der Waals surface area contributed by atoms with E-state index >= 15 is 0 Å². The van der Waals surface area contributed by atoms with Gasteiger partial charge in [0.1, 0.15) is 0 Å². The Kier molecular flexibility index (Phi) is 3.01. The van der Waals surface area contributed by atoms with Crippen molar-refractivity contribution in [1.82, 2.24) is 4.90 Å². The monoisotopic (exact) mass is 289 g/mol. The van der Waals surface area contributed by atoms with Crippen LogP contribution in [-0.4, -0.2) is 23.9 Å². The van der Waals surface area contributed by atoms with E-state index in [0.29, 0.717) is 16.7 Å². The molecular formula is C19H31NO. The second kappa shape index (κ2) is 4.49. The van der Waals surface area contributed by atoms with Crippen LogP contribution in [0.15, 0.2) is 0 Å². The van der Waals surface area contributed by atoms with Crippen molar-refractivity contribution in [2.45, 2.75) is 65.7 Å². The minimum atomic E-state index is 0.347. The number of carbonyl (C=O) groups excluding carboxylic acids is 1. The van der Waals surface area contributed by atoms with Crippen molar-refractivity contribution in [3.63, 3.8) is 0 Å². The van der Waals surface area contributed by atoms with Crippen LogP contribution in [0.2, 0.25) is 0 Å². The molecule has 118 valence electrons. The van der Waals surface area contributed by atoms with E-state index in [-0.39, 0.29) is 0 Å². The maximum atomic E-state index is 12.8. The predicted octanol–water partition coefficient (Wildman–Crippen LogP) is 4.10. The molecule has 4 unspecified atom stereocenters. The van der Waals surface area contributed by atoms with Gasteiger partial charge in [0.15, 0.2) is 0 Å². The molecule has 0 N–H and O–H groups in total. The molecule has 0 aromatic carbocycles. The molecule has 0 radical (unpaired) electrons. The van der Waals surface area contributed by atoms with Crippen molar-refractivity contribution in [3.05, 3.63) is 0 Å². The zero-order valence-corrected chi connectivity index (χ0v) is 14.0. The van der Waals surface area contributed by atoms with Gasteiger partial charge >= 0.3 is 0 Å². The first-order valence-corrected chi connectivity index (χ1v) is 9.17. The van der Waals surface area contributed by atoms with E-state index in [1.165, 1.54) is 38.5 Å². The van der Waals surface area contributed by atoms with E-state index in [1.54, 1.807) is 0 Å². The number of hydrogen-bond donors (Lipinski definition) is 0. The van der Waals surface area contributed by atoms with Crippen molar-refractivity contribution in [1.29, 1.82) is 0 Å². The Hall–Kier alpha value is -0.530. The van der Waals surface area contributed by atoms with Crippen LogP contribution < -0.4 is 0 Å². The second-order valence-electron chi connectivity index (χ2n) is 9.43. The lowest BCUT2D eigenvalue weighted by atomic mass is 9.63. The summed E-state index contributed by atoms with van der Waals surface area (Å²) in [6.45, 7) is 9.33. The van der Waals surface area contributed by atoms with Crippen molar-refractivity contribution in [2.75, 3.05) is 13.1 Å². The zero-order valence-electron chi connectivity index (χ0n) is 14.0. The van der Waals surface area contributed by atoms with Crippen LogP contribution in [0.25, 0.3) is 0 Å². The topological polar surface area (TPSA) is 20.3 Å². The molecule has 1 saturated heterocycles. The Balaban J connectivity index is 1.42. The molecule has 0 aromatic heterocycles. The minimum Gasteiger partial charge on any atom is -0.342 e. The number of piperidine rings is 1. The summed E-state index contributed by atoms with van der Waals surface area (Å²) in [4.78, 5) is 15.1. The molecule has 0 spiro atoms. The molecule has 2 nitrogen and oxygen atoms in total. The fraction of sp³-hybridized carbons (Fsp3) is 0.947. The zero-order chi connectivity index (χ0) is 14.8. The summed E-state index contributed by atoms with van der Waals surface area (Å²) in [5.41, 5.74) is 0.760. The fourth-order valence-corrected chi connectivity index (χ4v) is 6.19. The molecule has 5 atom stereocenters. The lowest BCUT2D eigenvalue weighted by Gasteiger charge is -2.50. The molecule has 1 heterocycles. The molecule has 21 heavy (non-hydrogen) atoms. The summed E-state index contributed by atoms with van der Waals surface area (Å²) in [6, 6.07) is 0. The summed E-state index contributed by atoms with van der Waals surface area (Å²) < 4.78 is 0. The Bertz CT molecular complexity index is 456. The van der Waals surface area contributed by atoms with Crippen LogP contribution in [0.1, 0.15) is 65.7 Å². The van der Waals surface area contributed by atoms with Crippen molar-refractivity contribution >= 4 is 5.91 Å². The van der Waals surface area contributed by atoms with Gasteiger partial charge in [0.25, 0.3) is 0 Å². The standard InChI is InChI=1S/C19H31NO/c1-18(2)16-6-7-19(18,3)12-20(11-16)17(21)10-15-9-13-4-5-14(15)8-13/h13-16H,4-12H2,1-3H3/t13?,14?,15?,16?,19-/m1/s1. The number of likely N-dealkylation sites (tertiary alicyclic amines) is 1. The smallest absolute Gasteiger partial charge is 0.222 e. The fourth-order valence-electron chi connectivity index (χ4n) is 6.19. The van der Waals surface area contributed by atoms with Crippen LogP contribution in [0.4, 0.5) is 0 Å². The molecule has 0 aromatic rings. The lowest BCUT2D eigenvalue weighted by molar-refractivity contribution is -0.140. The summed E-state index contributed by atoms with van der Waals surface area (Å²) in [5.74, 6) is 3.76. The molecular weight excluding hydrogens is 258 g/mol. The average molecular weight is 289 g/mol. The minimum absolute atomic E-state index is 0.347. The van der Waals surface area contributed by atoms with E-state index in [1.807, 2.05) is 0 Å². The van der Waals surface area contributed by atoms with Gasteiger partial charge in [-0.25, -0.2) is 0 Å². The number of rotatable bonds is 2. The van der Waals surface area contributed by atoms with E-state index in [4.69, 9.17) is 0 Å². The van der Waals surface area contributed by atoms with E-state index in [2.05, 4.69) is 25.7 Å². The SMILES string of the molecule is CC1(C)C2CC[C@]1(C)CN(C(=O)CC1CC3CCC1C3)C2. The highest BCUT2D eigenvalue weighted by molar-refractivity contribution is 5.77. The van der Waals surface area contributed by atoms with Crippen LogP contribution in [0, 0.1) is 34.5 Å². The average Bonchev–Trinajstić information content (AvgIpc) is 3.03. The molecule has 4 fully saturated rings. The van der Waals surface area contributed by atoms with Gasteiger partial charge in [-0.2, -0.15) is 0 Å². The van der Waals surface area contributed by atoms with Gasteiger partial charge in [0.2, 0.25) is 5.91 Å². The predicted molar refractivity (Wildman–Crippen MR) is 84.7 cm³/mol. The maximum Gasteiger partial charge on any atom is 0.222 e. The van der Waals surface area contributed by atoms with Crippen LogP contribution in [-0.2, 0) is 4.79 Å². The van der Waals surface area contributed by atoms with Gasteiger partial charge in [-0.1, -0.05) is 27.2 Å². The van der Waals surface area contributed by atoms with Crippen LogP contribution in [0.5, 0.6) is 0 Å². The molecule has 4 rings (SSSR count). The number of fused-ring (bicyclic) bond motifs is 4. The lowest BCUT2D eigenvalue weighted by Crippen LogP contribution is -2.54. The van der Waals surface area contributed by atoms with Gasteiger partial charge in [-0.3, -0.25) is 4.79 Å². The molecule has 3 saturated carbocycles. The highest BCUT2D eigenvalue weighted by Crippen LogP contribution is 2.59. The summed E-state index contributed by atoms with van der Waals surface area (Å²) in [5, 5.41) is 0. The van der Waals surface area contributed by atoms with Crippen LogP contribution in [0.3, 0.4) is 0 Å². The molecule has 3 aliphatic carbocycles. The number of hydrogen-bond acceptors (Lipinski definition) is 1. The first-order valence-electron chi connectivity index (χ1n) is 9.17. The third-order valence-electron chi connectivity index (χ3n) is 8.28. The number of amides is 1. The Labute approximate surface area is 129 Å². The Morgan fingerprint density at radius 2 is 1.95 bits per heavy atom. The molecule has 1 aliphatic heterocycles.